The van der Waals surface area contributed by atoms with Crippen molar-refractivity contribution in [1.29, 1.82) is 0 Å². The number of aryl methyl sites for hydroxylation is 5. The average Bonchev–Trinajstić information content (AvgIpc) is 3.35. The molecule has 0 aliphatic heterocycles. The number of unbranched alkanes of at least 4 members (excludes halogenated alkanes) is 11. The van der Waals surface area contributed by atoms with Crippen LogP contribution in [0.5, 0.6) is 17.2 Å². The minimum Gasteiger partial charge on any atom is -0.497 e. The van der Waals surface area contributed by atoms with Crippen molar-refractivity contribution in [3.05, 3.63) is 125 Å². The van der Waals surface area contributed by atoms with Gasteiger partial charge in [-0.25, -0.2) is 0 Å². The fourth-order valence-electron chi connectivity index (χ4n) is 8.47. The highest BCUT2D eigenvalue weighted by molar-refractivity contribution is 5.69. The topological polar surface area (TPSA) is 86.8 Å². The molecule has 0 saturated carbocycles. The Hall–Kier alpha value is -4.86. The molecule has 9 heteroatoms. The summed E-state index contributed by atoms with van der Waals surface area (Å²) < 4.78 is 28.5. The van der Waals surface area contributed by atoms with Gasteiger partial charge in [-0.2, -0.15) is 0 Å². The highest BCUT2D eigenvalue weighted by atomic mass is 16.6. The number of esters is 2. The fourth-order valence-corrected chi connectivity index (χ4v) is 8.47. The number of ether oxygens (including phenoxy) is 5. The van der Waals surface area contributed by atoms with E-state index in [2.05, 4.69) is 73.3 Å². The van der Waals surface area contributed by atoms with Crippen molar-refractivity contribution in [3.8, 4) is 17.2 Å². The third kappa shape index (κ3) is 26.6. The zero-order valence-electron chi connectivity index (χ0n) is 44.1. The molecule has 4 aromatic rings. The van der Waals surface area contributed by atoms with E-state index in [1.807, 2.05) is 75.6 Å². The third-order valence-corrected chi connectivity index (χ3v) is 12.4. The fraction of sp³-hybridized carbons (Fsp3) is 0.567. The molecule has 0 aliphatic rings. The first-order valence-electron chi connectivity index (χ1n) is 26.2. The smallest absolute Gasteiger partial charge is 0.306 e. The lowest BCUT2D eigenvalue weighted by molar-refractivity contribution is -0.152. The summed E-state index contributed by atoms with van der Waals surface area (Å²) in [6.07, 6.45) is 21.6. The van der Waals surface area contributed by atoms with E-state index < -0.39 is 0 Å². The Morgan fingerprint density at radius 1 is 0.478 bits per heavy atom. The van der Waals surface area contributed by atoms with Crippen LogP contribution < -0.4 is 14.2 Å². The van der Waals surface area contributed by atoms with E-state index >= 15 is 0 Å². The van der Waals surface area contributed by atoms with E-state index in [0.29, 0.717) is 26.0 Å². The molecule has 0 spiro atoms. The largest absolute Gasteiger partial charge is 0.497 e. The van der Waals surface area contributed by atoms with Crippen LogP contribution in [0.4, 0.5) is 0 Å². The van der Waals surface area contributed by atoms with E-state index in [1.54, 1.807) is 14.2 Å². The number of nitrogens with zero attached hydrogens (tertiary/aromatic N) is 2. The number of hydrogen-bond donors (Lipinski definition) is 0. The number of hydrogen-bond acceptors (Lipinski definition) is 9. The predicted molar refractivity (Wildman–Crippen MR) is 285 cm³/mol. The van der Waals surface area contributed by atoms with E-state index in [1.165, 1.54) is 80.0 Å². The number of carbonyl (C=O) groups is 2. The summed E-state index contributed by atoms with van der Waals surface area (Å²) in [5.74, 6) is 2.44. The molecule has 0 fully saturated rings. The summed E-state index contributed by atoms with van der Waals surface area (Å²) in [6, 6.07) is 33.3. The molecule has 9 nitrogen and oxygen atoms in total. The molecule has 1 unspecified atom stereocenters. The summed E-state index contributed by atoms with van der Waals surface area (Å²) in [5, 5.41) is 0. The minimum atomic E-state index is -0.298. The molecule has 0 N–H and O–H groups in total. The molecule has 4 aromatic carbocycles. The zero-order valence-corrected chi connectivity index (χ0v) is 44.1. The van der Waals surface area contributed by atoms with Crippen molar-refractivity contribution in [3.63, 3.8) is 0 Å². The van der Waals surface area contributed by atoms with Gasteiger partial charge >= 0.3 is 11.9 Å². The second-order valence-electron chi connectivity index (χ2n) is 19.1. The summed E-state index contributed by atoms with van der Waals surface area (Å²) >= 11 is 0. The van der Waals surface area contributed by atoms with Crippen LogP contribution in [0, 0.1) is 0 Å². The summed E-state index contributed by atoms with van der Waals surface area (Å²) in [6.45, 7) is 6.19. The van der Waals surface area contributed by atoms with Crippen LogP contribution in [0.25, 0.3) is 0 Å². The zero-order chi connectivity index (χ0) is 49.9. The quantitative estimate of drug-likeness (QED) is 0.0330. The standard InChI is InChI=1S/C30H45NO4.C30H45NO3/c1-5-6-7-8-9-10-11-19-30(32)35-28(23-31(2)3)24-34-29-18-13-12-16-26(29)21-20-25-15-14-17-27(22-25)33-4;1-5-6-7-8-9-10-15-30(32)34-29(24-31(2)3)23-20-27-14-12-11-13-26(27)19-16-25-17-21-28(33-4)22-18-25/h12-18,22,28H,5-11,19-21,23-24H2,1-4H3;11-14,17-18,21-22,29H,5-10,15-16,19-20,23-24H2,1-4H3/t;29-/m.1/s1. The SMILES string of the molecule is CCCCCCCCC(=O)O[C@H](CCc1ccccc1CCc1ccc(OC)cc1)CN(C)C.CCCCCCCCCC(=O)OC(COc1ccccc1CCc1cccc(OC)c1)CN(C)C. The molecule has 4 rings (SSSR count). The number of para-hydroxylation sites is 1. The van der Waals surface area contributed by atoms with Gasteiger partial charge in [0, 0.05) is 25.9 Å². The first-order valence-corrected chi connectivity index (χ1v) is 26.2. The number of benzene rings is 4. The van der Waals surface area contributed by atoms with Crippen LogP contribution in [0.3, 0.4) is 0 Å². The van der Waals surface area contributed by atoms with Crippen LogP contribution in [0.2, 0.25) is 0 Å². The van der Waals surface area contributed by atoms with Gasteiger partial charge in [-0.15, -0.1) is 0 Å². The van der Waals surface area contributed by atoms with Crippen molar-refractivity contribution in [2.75, 3.05) is 62.1 Å². The lowest BCUT2D eigenvalue weighted by atomic mass is 9.96. The van der Waals surface area contributed by atoms with Crippen LogP contribution in [0.1, 0.15) is 144 Å². The molecule has 69 heavy (non-hydrogen) atoms. The Balaban J connectivity index is 0.000000365. The maximum absolute atomic E-state index is 12.5. The Kier molecular flexibility index (Phi) is 30.6. The Bertz CT molecular complexity index is 1950. The van der Waals surface area contributed by atoms with Crippen molar-refractivity contribution in [2.45, 2.75) is 161 Å². The lowest BCUT2D eigenvalue weighted by Crippen LogP contribution is -2.35. The minimum absolute atomic E-state index is 0.0462. The van der Waals surface area contributed by atoms with E-state index in [0.717, 1.165) is 93.6 Å². The van der Waals surface area contributed by atoms with E-state index in [4.69, 9.17) is 23.7 Å². The van der Waals surface area contributed by atoms with Crippen molar-refractivity contribution >= 4 is 11.9 Å². The van der Waals surface area contributed by atoms with Gasteiger partial charge in [0.1, 0.15) is 36.1 Å². The molecule has 0 radical (unpaired) electrons. The molecule has 0 saturated heterocycles. The number of methoxy groups -OCH3 is 2. The van der Waals surface area contributed by atoms with Gasteiger partial charge in [0.05, 0.1) is 14.2 Å². The first-order chi connectivity index (χ1) is 33.5. The van der Waals surface area contributed by atoms with Crippen molar-refractivity contribution in [2.24, 2.45) is 0 Å². The number of carbonyl (C=O) groups excluding carboxylic acids is 2. The molecular formula is C60H90N2O7. The Morgan fingerprint density at radius 3 is 1.55 bits per heavy atom. The highest BCUT2D eigenvalue weighted by Crippen LogP contribution is 2.23. The van der Waals surface area contributed by atoms with Crippen LogP contribution in [-0.2, 0) is 51.2 Å². The normalized spacial score (nSPS) is 12.0. The van der Waals surface area contributed by atoms with Gasteiger partial charge in [0.2, 0.25) is 0 Å². The molecule has 0 aliphatic carbocycles. The maximum Gasteiger partial charge on any atom is 0.306 e. The molecule has 0 aromatic heterocycles. The van der Waals surface area contributed by atoms with E-state index in [-0.39, 0.29) is 24.1 Å². The van der Waals surface area contributed by atoms with E-state index in [9.17, 15) is 9.59 Å². The Labute approximate surface area is 418 Å². The molecular weight excluding hydrogens is 861 g/mol. The van der Waals surface area contributed by atoms with Crippen LogP contribution >= 0.6 is 0 Å². The average molecular weight is 951 g/mol. The molecule has 382 valence electrons. The van der Waals surface area contributed by atoms with Crippen LogP contribution in [0.15, 0.2) is 97.1 Å². The number of rotatable bonds is 35. The van der Waals surface area contributed by atoms with Gasteiger partial charge in [-0.1, -0.05) is 151 Å². The van der Waals surface area contributed by atoms with Gasteiger partial charge in [0.15, 0.2) is 0 Å². The maximum atomic E-state index is 12.5. The summed E-state index contributed by atoms with van der Waals surface area (Å²) in [5.41, 5.74) is 6.41. The first kappa shape index (κ1) is 58.5. The van der Waals surface area contributed by atoms with Crippen molar-refractivity contribution < 1.29 is 33.3 Å². The second-order valence-corrected chi connectivity index (χ2v) is 19.1. The molecule has 2 atom stereocenters. The monoisotopic (exact) mass is 951 g/mol. The van der Waals surface area contributed by atoms with Gasteiger partial charge in [0.25, 0.3) is 0 Å². The molecule has 0 amide bonds. The molecule has 0 bridgehead atoms. The summed E-state index contributed by atoms with van der Waals surface area (Å²) in [7, 11) is 11.4. The van der Waals surface area contributed by atoms with Gasteiger partial charge in [-0.3, -0.25) is 9.59 Å². The second kappa shape index (κ2) is 36.1. The highest BCUT2D eigenvalue weighted by Gasteiger charge is 2.19. The number of likely N-dealkylation sites (N-methyl/N-ethyl adjacent to an activating group) is 2. The van der Waals surface area contributed by atoms with Gasteiger partial charge in [-0.05, 0) is 138 Å². The third-order valence-electron chi connectivity index (χ3n) is 12.4. The Morgan fingerprint density at radius 2 is 0.971 bits per heavy atom. The summed E-state index contributed by atoms with van der Waals surface area (Å²) in [4.78, 5) is 29.1. The lowest BCUT2D eigenvalue weighted by Gasteiger charge is -2.22. The van der Waals surface area contributed by atoms with Crippen LogP contribution in [-0.4, -0.2) is 96.1 Å². The molecule has 0 heterocycles. The van der Waals surface area contributed by atoms with Crippen molar-refractivity contribution in [1.82, 2.24) is 9.80 Å². The van der Waals surface area contributed by atoms with Gasteiger partial charge < -0.3 is 33.5 Å². The predicted octanol–water partition coefficient (Wildman–Crippen LogP) is 13.1.